The normalized spacial score (nSPS) is 22.3. The summed E-state index contributed by atoms with van der Waals surface area (Å²) in [6.45, 7) is 2.69. The third-order valence-corrected chi connectivity index (χ3v) is 5.06. The molecule has 0 aliphatic carbocycles. The van der Waals surface area contributed by atoms with Crippen molar-refractivity contribution < 1.29 is 23.1 Å². The monoisotopic (exact) mass is 314 g/mol. The molecule has 21 heavy (non-hydrogen) atoms. The fraction of sp³-hybridized carbons (Fsp3) is 0.462. The van der Waals surface area contributed by atoms with Crippen LogP contribution >= 0.6 is 0 Å². The summed E-state index contributed by atoms with van der Waals surface area (Å²) in [5, 5.41) is 9.09. The van der Waals surface area contributed by atoms with Crippen molar-refractivity contribution in [2.75, 3.05) is 18.9 Å². The summed E-state index contributed by atoms with van der Waals surface area (Å²) >= 11 is 0. The van der Waals surface area contributed by atoms with Crippen molar-refractivity contribution in [3.63, 3.8) is 0 Å². The van der Waals surface area contributed by atoms with E-state index < -0.39 is 16.0 Å². The van der Waals surface area contributed by atoms with Crippen LogP contribution in [0.3, 0.4) is 0 Å². The van der Waals surface area contributed by atoms with Crippen LogP contribution in [0.4, 0.5) is 5.69 Å². The summed E-state index contributed by atoms with van der Waals surface area (Å²) in [6.07, 6.45) is 0.749. The number of carboxylic acid groups (broad SMARTS) is 1. The van der Waals surface area contributed by atoms with Crippen LogP contribution in [0.2, 0.25) is 0 Å². The molecule has 0 aromatic heterocycles. The van der Waals surface area contributed by atoms with Crippen LogP contribution in [-0.2, 0) is 14.8 Å². The zero-order valence-corrected chi connectivity index (χ0v) is 12.4. The van der Waals surface area contributed by atoms with Crippen LogP contribution in [0.25, 0.3) is 0 Å². The number of benzene rings is 1. The van der Waals surface area contributed by atoms with E-state index in [1.54, 1.807) is 0 Å². The number of rotatable bonds is 5. The van der Waals surface area contributed by atoms with Gasteiger partial charge in [-0.1, -0.05) is 0 Å². The van der Waals surface area contributed by atoms with Crippen molar-refractivity contribution in [2.24, 2.45) is 5.92 Å². The fourth-order valence-corrected chi connectivity index (χ4v) is 3.60. The Labute approximate surface area is 123 Å². The fourth-order valence-electron chi connectivity index (χ4n) is 2.28. The molecule has 116 valence electrons. The van der Waals surface area contributed by atoms with Crippen LogP contribution in [0, 0.1) is 5.92 Å². The number of anilines is 1. The molecule has 0 amide bonds. The average Bonchev–Trinajstić information content (AvgIpc) is 2.81. The summed E-state index contributed by atoms with van der Waals surface area (Å²) in [5.74, 6) is -1.23. The highest BCUT2D eigenvalue weighted by molar-refractivity contribution is 7.89. The van der Waals surface area contributed by atoms with E-state index in [0.29, 0.717) is 6.61 Å². The Morgan fingerprint density at radius 2 is 2.24 bits per heavy atom. The van der Waals surface area contributed by atoms with Crippen molar-refractivity contribution in [1.29, 1.82) is 0 Å². The van der Waals surface area contributed by atoms with Gasteiger partial charge in [0.05, 0.1) is 16.6 Å². The van der Waals surface area contributed by atoms with Gasteiger partial charge >= 0.3 is 5.97 Å². The smallest absolute Gasteiger partial charge is 0.337 e. The number of aromatic carboxylic acids is 1. The van der Waals surface area contributed by atoms with Gasteiger partial charge in [0.1, 0.15) is 0 Å². The number of carboxylic acids is 1. The summed E-state index contributed by atoms with van der Waals surface area (Å²) in [7, 11) is -3.94. The highest BCUT2D eigenvalue weighted by Crippen LogP contribution is 2.22. The van der Waals surface area contributed by atoms with Gasteiger partial charge in [-0.15, -0.1) is 0 Å². The van der Waals surface area contributed by atoms with Gasteiger partial charge in [-0.25, -0.2) is 17.9 Å². The molecule has 4 N–H and O–H groups in total. The van der Waals surface area contributed by atoms with Crippen LogP contribution in [-0.4, -0.2) is 38.7 Å². The summed E-state index contributed by atoms with van der Waals surface area (Å²) in [6, 6.07) is 3.70. The Morgan fingerprint density at radius 1 is 1.52 bits per heavy atom. The van der Waals surface area contributed by atoms with Gasteiger partial charge in [-0.3, -0.25) is 0 Å². The van der Waals surface area contributed by atoms with E-state index in [2.05, 4.69) is 4.72 Å². The zero-order chi connectivity index (χ0) is 15.6. The number of nitrogens with one attached hydrogen (secondary N) is 1. The molecule has 1 aliphatic rings. The molecule has 0 bridgehead atoms. The van der Waals surface area contributed by atoms with Gasteiger partial charge in [-0.05, 0) is 31.5 Å². The maximum atomic E-state index is 12.3. The Hall–Kier alpha value is -1.64. The minimum absolute atomic E-state index is 0.0208. The molecule has 1 saturated heterocycles. The number of hydrogen-bond donors (Lipinski definition) is 3. The Balaban J connectivity index is 2.23. The number of nitrogens with two attached hydrogens (primary N) is 1. The van der Waals surface area contributed by atoms with Crippen molar-refractivity contribution >= 4 is 21.7 Å². The molecule has 2 atom stereocenters. The Kier molecular flexibility index (Phi) is 4.50. The largest absolute Gasteiger partial charge is 0.478 e. The van der Waals surface area contributed by atoms with E-state index >= 15 is 0 Å². The molecule has 2 unspecified atom stereocenters. The average molecular weight is 314 g/mol. The van der Waals surface area contributed by atoms with Crippen LogP contribution in [0.5, 0.6) is 0 Å². The molecule has 1 aromatic carbocycles. The van der Waals surface area contributed by atoms with Gasteiger partial charge in [0.15, 0.2) is 0 Å². The molecule has 1 aromatic rings. The van der Waals surface area contributed by atoms with Crippen LogP contribution in [0.1, 0.15) is 23.7 Å². The van der Waals surface area contributed by atoms with Gasteiger partial charge in [0, 0.05) is 24.8 Å². The second-order valence-electron chi connectivity index (χ2n) is 5.04. The molecular weight excluding hydrogens is 296 g/mol. The molecule has 1 heterocycles. The Bertz CT molecular complexity index is 644. The van der Waals surface area contributed by atoms with Crippen molar-refractivity contribution in [3.8, 4) is 0 Å². The lowest BCUT2D eigenvalue weighted by Crippen LogP contribution is -2.32. The maximum absolute atomic E-state index is 12.3. The van der Waals surface area contributed by atoms with E-state index in [0.717, 1.165) is 12.5 Å². The topological polar surface area (TPSA) is 119 Å². The predicted octanol–water partition coefficient (Wildman–Crippen LogP) is 0.670. The first kappa shape index (κ1) is 15.7. The SMILES string of the molecule is CC1OCCC1CNS(=O)(=O)c1cc(N)ccc1C(=O)O. The van der Waals surface area contributed by atoms with Gasteiger partial charge in [0.25, 0.3) is 0 Å². The van der Waals surface area contributed by atoms with Crippen LogP contribution in [0.15, 0.2) is 23.1 Å². The molecule has 1 fully saturated rings. The summed E-state index contributed by atoms with van der Waals surface area (Å²) in [5.41, 5.74) is 5.45. The summed E-state index contributed by atoms with van der Waals surface area (Å²) < 4.78 is 32.4. The summed E-state index contributed by atoms with van der Waals surface area (Å²) in [4.78, 5) is 10.8. The quantitative estimate of drug-likeness (QED) is 0.687. The van der Waals surface area contributed by atoms with E-state index in [1.165, 1.54) is 12.1 Å². The van der Waals surface area contributed by atoms with Gasteiger partial charge in [-0.2, -0.15) is 0 Å². The lowest BCUT2D eigenvalue weighted by atomic mass is 10.0. The zero-order valence-electron chi connectivity index (χ0n) is 11.6. The molecule has 0 saturated carbocycles. The molecule has 1 aliphatic heterocycles. The van der Waals surface area contributed by atoms with Crippen molar-refractivity contribution in [2.45, 2.75) is 24.3 Å². The number of hydrogen-bond acceptors (Lipinski definition) is 5. The second kappa shape index (κ2) is 6.00. The van der Waals surface area contributed by atoms with Crippen LogP contribution < -0.4 is 10.5 Å². The molecule has 8 heteroatoms. The number of carbonyl (C=O) groups is 1. The first-order chi connectivity index (χ1) is 9.81. The second-order valence-corrected chi connectivity index (χ2v) is 6.77. The maximum Gasteiger partial charge on any atom is 0.337 e. The number of nitrogen functional groups attached to an aromatic ring is 1. The highest BCUT2D eigenvalue weighted by atomic mass is 32.2. The minimum atomic E-state index is -3.94. The van der Waals surface area contributed by atoms with Crippen molar-refractivity contribution in [1.82, 2.24) is 4.72 Å². The first-order valence-electron chi connectivity index (χ1n) is 6.55. The lowest BCUT2D eigenvalue weighted by Gasteiger charge is -2.16. The predicted molar refractivity (Wildman–Crippen MR) is 76.5 cm³/mol. The van der Waals surface area contributed by atoms with Crippen molar-refractivity contribution in [3.05, 3.63) is 23.8 Å². The molecule has 7 nitrogen and oxygen atoms in total. The van der Waals surface area contributed by atoms with Gasteiger partial charge < -0.3 is 15.6 Å². The number of ether oxygens (including phenoxy) is 1. The molecule has 2 rings (SSSR count). The Morgan fingerprint density at radius 3 is 2.81 bits per heavy atom. The third kappa shape index (κ3) is 3.52. The van der Waals surface area contributed by atoms with E-state index in [9.17, 15) is 13.2 Å². The lowest BCUT2D eigenvalue weighted by molar-refractivity contribution is 0.0692. The molecule has 0 radical (unpaired) electrons. The van der Waals surface area contributed by atoms with E-state index in [-0.39, 0.29) is 34.7 Å². The minimum Gasteiger partial charge on any atom is -0.478 e. The first-order valence-corrected chi connectivity index (χ1v) is 8.03. The van der Waals surface area contributed by atoms with Gasteiger partial charge in [0.2, 0.25) is 10.0 Å². The van der Waals surface area contributed by atoms with E-state index in [4.69, 9.17) is 15.6 Å². The standard InChI is InChI=1S/C13H18N2O5S/c1-8-9(4-5-20-8)7-15-21(18,19)12-6-10(14)2-3-11(12)13(16)17/h2-3,6,8-9,15H,4-5,7,14H2,1H3,(H,16,17). The molecular formula is C13H18N2O5S. The van der Waals surface area contributed by atoms with E-state index in [1.807, 2.05) is 6.92 Å². The molecule has 0 spiro atoms. The third-order valence-electron chi connectivity index (χ3n) is 3.59. The highest BCUT2D eigenvalue weighted by Gasteiger charge is 2.28. The number of sulfonamides is 1.